The number of rotatable bonds is 0. The molecule has 0 spiro atoms. The summed E-state index contributed by atoms with van der Waals surface area (Å²) in [5.74, 6) is 0. The van der Waals surface area contributed by atoms with Gasteiger partial charge in [-0.3, -0.25) is 15.0 Å². The molecule has 0 aliphatic heterocycles. The van der Waals surface area contributed by atoms with E-state index in [1.807, 2.05) is 55.0 Å². The molecule has 7 heteroatoms. The normalized spacial score (nSPS) is 9.81. The van der Waals surface area contributed by atoms with Gasteiger partial charge in [-0.2, -0.15) is 0 Å². The van der Waals surface area contributed by atoms with Crippen LogP contribution in [0.1, 0.15) is 0 Å². The van der Waals surface area contributed by atoms with Crippen molar-refractivity contribution in [2.75, 3.05) is 0 Å². The van der Waals surface area contributed by atoms with Crippen LogP contribution in [0.15, 0.2) is 97.6 Å². The molecule has 0 amide bonds. The molecular formula is C24H21ClN4O2. The quantitative estimate of drug-likeness (QED) is 0.322. The van der Waals surface area contributed by atoms with Gasteiger partial charge in [-0.25, -0.2) is 4.98 Å². The molecule has 4 aromatic heterocycles. The molecule has 0 aliphatic rings. The summed E-state index contributed by atoms with van der Waals surface area (Å²) in [6.45, 7) is 0. The molecule has 6 aromatic rings. The number of nitrogens with zero attached hydrogens (tertiary/aromatic N) is 3. The number of pyridine rings is 4. The smallest absolute Gasteiger partial charge is 0.220 e. The largest absolute Gasteiger partial charge is 1.00 e. The maximum absolute atomic E-state index is 4.37. The maximum Gasteiger partial charge on any atom is 0.220 e. The Hall–Kier alpha value is -3.71. The summed E-state index contributed by atoms with van der Waals surface area (Å²) in [5, 5.41) is 4.66. The predicted octanol–water partition coefficient (Wildman–Crippen LogP) is 0.340. The number of fused-ring (bicyclic) bond motifs is 6. The van der Waals surface area contributed by atoms with E-state index in [1.54, 1.807) is 6.20 Å². The van der Waals surface area contributed by atoms with E-state index >= 15 is 0 Å². The molecule has 6 rings (SSSR count). The Kier molecular flexibility index (Phi) is 7.88. The van der Waals surface area contributed by atoms with Gasteiger partial charge in [0.15, 0.2) is 6.20 Å². The second kappa shape index (κ2) is 10.4. The molecular weight excluding hydrogens is 412 g/mol. The number of aromatic nitrogens is 4. The lowest BCUT2D eigenvalue weighted by Gasteiger charge is -2.00. The zero-order valence-electron chi connectivity index (χ0n) is 16.5. The van der Waals surface area contributed by atoms with Crippen LogP contribution in [-0.2, 0) is 0 Å². The van der Waals surface area contributed by atoms with Crippen LogP contribution in [0.2, 0.25) is 0 Å². The number of halogens is 1. The highest BCUT2D eigenvalue weighted by atomic mass is 35.5. The number of nitrogens with one attached hydrogen (secondary N) is 1. The van der Waals surface area contributed by atoms with Crippen LogP contribution in [0.3, 0.4) is 0 Å². The van der Waals surface area contributed by atoms with Crippen LogP contribution in [0.5, 0.6) is 0 Å². The molecule has 0 unspecified atom stereocenters. The zero-order valence-corrected chi connectivity index (χ0v) is 17.2. The first-order valence-corrected chi connectivity index (χ1v) is 9.13. The summed E-state index contributed by atoms with van der Waals surface area (Å²) in [6.07, 6.45) is 7.37. The number of aromatic amines is 1. The standard InChI is InChI=1S/2C12H8N2.ClH.2H2O/c2*1-3-9-5-6-11-10(4-2-7-13-11)12(9)14-8-1;;;/h2*1-8H;1H;2*1H2. The fourth-order valence-electron chi connectivity index (χ4n) is 3.45. The summed E-state index contributed by atoms with van der Waals surface area (Å²) >= 11 is 0. The molecule has 0 saturated heterocycles. The summed E-state index contributed by atoms with van der Waals surface area (Å²) in [6, 6.07) is 24.4. The van der Waals surface area contributed by atoms with Gasteiger partial charge in [0.25, 0.3) is 0 Å². The van der Waals surface area contributed by atoms with Crippen molar-refractivity contribution >= 4 is 43.6 Å². The third kappa shape index (κ3) is 4.57. The van der Waals surface area contributed by atoms with Crippen molar-refractivity contribution in [2.24, 2.45) is 0 Å². The molecule has 0 radical (unpaired) electrons. The lowest BCUT2D eigenvalue weighted by molar-refractivity contribution is -0.343. The van der Waals surface area contributed by atoms with Crippen molar-refractivity contribution in [1.82, 2.24) is 15.0 Å². The van der Waals surface area contributed by atoms with E-state index < -0.39 is 0 Å². The van der Waals surface area contributed by atoms with Gasteiger partial charge in [0, 0.05) is 40.8 Å². The topological polar surface area (TPSA) is 116 Å². The van der Waals surface area contributed by atoms with Crippen molar-refractivity contribution in [3.63, 3.8) is 0 Å². The molecule has 0 saturated carbocycles. The van der Waals surface area contributed by atoms with Gasteiger partial charge in [0.2, 0.25) is 5.52 Å². The molecule has 6 nitrogen and oxygen atoms in total. The van der Waals surface area contributed by atoms with Gasteiger partial charge < -0.3 is 23.4 Å². The van der Waals surface area contributed by atoms with E-state index in [-0.39, 0.29) is 23.4 Å². The minimum absolute atomic E-state index is 0. The monoisotopic (exact) mass is 432 g/mol. The van der Waals surface area contributed by atoms with Crippen LogP contribution in [0, 0.1) is 0 Å². The molecule has 0 aliphatic carbocycles. The Balaban J connectivity index is 0.000000201. The lowest BCUT2D eigenvalue weighted by Crippen LogP contribution is -3.00. The van der Waals surface area contributed by atoms with Gasteiger partial charge in [0.05, 0.1) is 21.9 Å². The fraction of sp³-hybridized carbons (Fsp3) is 0. The van der Waals surface area contributed by atoms with Crippen molar-refractivity contribution in [3.05, 3.63) is 97.6 Å². The van der Waals surface area contributed by atoms with Crippen LogP contribution in [0.25, 0.3) is 43.6 Å². The molecule has 0 fully saturated rings. The van der Waals surface area contributed by atoms with Crippen molar-refractivity contribution in [3.8, 4) is 0 Å². The van der Waals surface area contributed by atoms with Crippen LogP contribution in [0.4, 0.5) is 0 Å². The number of hydrogen-bond acceptors (Lipinski definition) is 3. The molecule has 4 heterocycles. The van der Waals surface area contributed by atoms with E-state index in [9.17, 15) is 0 Å². The number of benzene rings is 2. The average molecular weight is 433 g/mol. The predicted molar refractivity (Wildman–Crippen MR) is 120 cm³/mol. The third-order valence-electron chi connectivity index (χ3n) is 4.77. The van der Waals surface area contributed by atoms with Crippen molar-refractivity contribution < 1.29 is 28.3 Å². The highest BCUT2D eigenvalue weighted by molar-refractivity contribution is 6.03. The Morgan fingerprint density at radius 1 is 0.548 bits per heavy atom. The Morgan fingerprint density at radius 2 is 1.13 bits per heavy atom. The van der Waals surface area contributed by atoms with Gasteiger partial charge >= 0.3 is 0 Å². The molecule has 156 valence electrons. The first kappa shape index (κ1) is 23.6. The second-order valence-corrected chi connectivity index (χ2v) is 6.48. The van der Waals surface area contributed by atoms with Crippen molar-refractivity contribution in [1.29, 1.82) is 0 Å². The Morgan fingerprint density at radius 3 is 1.90 bits per heavy atom. The molecule has 0 atom stereocenters. The molecule has 2 aromatic carbocycles. The fourth-order valence-corrected chi connectivity index (χ4v) is 3.45. The van der Waals surface area contributed by atoms with Gasteiger partial charge in [-0.1, -0.05) is 12.1 Å². The van der Waals surface area contributed by atoms with Gasteiger partial charge in [-0.05, 0) is 54.6 Å². The Bertz CT molecular complexity index is 1220. The summed E-state index contributed by atoms with van der Waals surface area (Å²) < 4.78 is 0. The van der Waals surface area contributed by atoms with E-state index in [0.29, 0.717) is 0 Å². The minimum atomic E-state index is 0. The highest BCUT2D eigenvalue weighted by Crippen LogP contribution is 2.21. The molecule has 0 bridgehead atoms. The maximum atomic E-state index is 4.37. The van der Waals surface area contributed by atoms with E-state index in [2.05, 4.69) is 56.3 Å². The average Bonchev–Trinajstić information content (AvgIpc) is 2.79. The second-order valence-electron chi connectivity index (χ2n) is 6.48. The van der Waals surface area contributed by atoms with Crippen molar-refractivity contribution in [2.45, 2.75) is 0 Å². The van der Waals surface area contributed by atoms with Gasteiger partial charge in [-0.15, -0.1) is 0 Å². The minimum Gasteiger partial charge on any atom is -1.00 e. The summed E-state index contributed by atoms with van der Waals surface area (Å²) in [5.41, 5.74) is 4.21. The Labute approximate surface area is 184 Å². The first-order chi connectivity index (χ1) is 13.9. The van der Waals surface area contributed by atoms with Crippen LogP contribution >= 0.6 is 0 Å². The SMILES string of the molecule is O.O.[Cl-].c1c[nH+]c2c(c1)ccc1ncccc12.c1cnc2c(c1)ccc1ncccc12. The van der Waals surface area contributed by atoms with E-state index in [1.165, 1.54) is 10.8 Å². The van der Waals surface area contributed by atoms with Crippen LogP contribution in [-0.4, -0.2) is 25.9 Å². The van der Waals surface area contributed by atoms with E-state index in [0.717, 1.165) is 32.8 Å². The molecule has 5 N–H and O–H groups in total. The number of H-pyrrole nitrogens is 1. The summed E-state index contributed by atoms with van der Waals surface area (Å²) in [4.78, 5) is 16.2. The first-order valence-electron chi connectivity index (χ1n) is 9.13. The third-order valence-corrected chi connectivity index (χ3v) is 4.77. The van der Waals surface area contributed by atoms with Gasteiger partial charge in [0.1, 0.15) is 0 Å². The van der Waals surface area contributed by atoms with Crippen LogP contribution < -0.4 is 17.4 Å². The van der Waals surface area contributed by atoms with E-state index in [4.69, 9.17) is 0 Å². The zero-order chi connectivity index (χ0) is 18.8. The summed E-state index contributed by atoms with van der Waals surface area (Å²) in [7, 11) is 0. The highest BCUT2D eigenvalue weighted by Gasteiger charge is 2.04. The number of hydrogen-bond donors (Lipinski definition) is 0. The lowest BCUT2D eigenvalue weighted by atomic mass is 10.1. The molecule has 31 heavy (non-hydrogen) atoms.